The molecule has 1 atom stereocenters. The van der Waals surface area contributed by atoms with E-state index in [1.54, 1.807) is 24.3 Å². The highest BCUT2D eigenvalue weighted by molar-refractivity contribution is 7.89. The molecule has 0 aliphatic carbocycles. The van der Waals surface area contributed by atoms with Crippen molar-refractivity contribution in [2.75, 3.05) is 11.9 Å². The zero-order valence-corrected chi connectivity index (χ0v) is 17.0. The number of carbonyl (C=O) groups is 1. The Kier molecular flexibility index (Phi) is 7.24. The van der Waals surface area contributed by atoms with Crippen LogP contribution in [-0.2, 0) is 14.8 Å². The maximum absolute atomic E-state index is 12.5. The fourth-order valence-corrected chi connectivity index (χ4v) is 3.49. The van der Waals surface area contributed by atoms with Crippen LogP contribution in [-0.4, -0.2) is 27.0 Å². The molecular formula is C19H23ClN2O4S. The van der Waals surface area contributed by atoms with Crippen LogP contribution in [0, 0.1) is 5.92 Å². The Balaban J connectivity index is 2.07. The predicted octanol–water partition coefficient (Wildman–Crippen LogP) is 3.68. The molecule has 2 N–H and O–H groups in total. The Morgan fingerprint density at radius 3 is 2.33 bits per heavy atom. The standard InChI is InChI=1S/C19H23ClN2O4S/c1-13(2)12-26-18-7-5-4-6-17(18)21-19(23)14(3)22-27(24,25)16-10-8-15(20)9-11-16/h4-11,13-14,22H,12H2,1-3H3,(H,21,23)/t14-/m0/s1. The Morgan fingerprint density at radius 2 is 1.70 bits per heavy atom. The molecule has 0 unspecified atom stereocenters. The molecule has 0 fully saturated rings. The molecule has 0 aromatic heterocycles. The number of benzene rings is 2. The fraction of sp³-hybridized carbons (Fsp3) is 0.316. The molecule has 0 saturated carbocycles. The molecule has 0 aliphatic rings. The monoisotopic (exact) mass is 410 g/mol. The Bertz CT molecular complexity index is 883. The van der Waals surface area contributed by atoms with Gasteiger partial charge < -0.3 is 10.1 Å². The Labute approximate surface area is 164 Å². The van der Waals surface area contributed by atoms with E-state index < -0.39 is 22.0 Å². The van der Waals surface area contributed by atoms with Gasteiger partial charge in [-0.15, -0.1) is 0 Å². The Hall–Kier alpha value is -2.09. The van der Waals surface area contributed by atoms with E-state index in [-0.39, 0.29) is 4.90 Å². The molecule has 0 spiro atoms. The SMILES string of the molecule is CC(C)COc1ccccc1NC(=O)[C@H](C)NS(=O)(=O)c1ccc(Cl)cc1. The van der Waals surface area contributed by atoms with Crippen LogP contribution in [0.15, 0.2) is 53.4 Å². The first-order valence-electron chi connectivity index (χ1n) is 8.49. The molecule has 146 valence electrons. The second-order valence-electron chi connectivity index (χ2n) is 6.49. The van der Waals surface area contributed by atoms with Crippen molar-refractivity contribution in [2.45, 2.75) is 31.7 Å². The normalized spacial score (nSPS) is 12.6. The molecule has 0 radical (unpaired) electrons. The minimum atomic E-state index is -3.85. The number of sulfonamides is 1. The van der Waals surface area contributed by atoms with Gasteiger partial charge in [0.1, 0.15) is 5.75 Å². The topological polar surface area (TPSA) is 84.5 Å². The van der Waals surface area contributed by atoms with Crippen molar-refractivity contribution in [3.8, 4) is 5.75 Å². The number of nitrogens with one attached hydrogen (secondary N) is 2. The van der Waals surface area contributed by atoms with Crippen LogP contribution in [0.25, 0.3) is 0 Å². The van der Waals surface area contributed by atoms with Crippen LogP contribution in [0.4, 0.5) is 5.69 Å². The maximum atomic E-state index is 12.5. The molecule has 0 bridgehead atoms. The van der Waals surface area contributed by atoms with E-state index >= 15 is 0 Å². The van der Waals surface area contributed by atoms with Gasteiger partial charge in [0, 0.05) is 5.02 Å². The maximum Gasteiger partial charge on any atom is 0.242 e. The van der Waals surface area contributed by atoms with Crippen LogP contribution in [0.1, 0.15) is 20.8 Å². The van der Waals surface area contributed by atoms with E-state index in [1.165, 1.54) is 31.2 Å². The molecule has 0 heterocycles. The first kappa shape index (κ1) is 21.2. The van der Waals surface area contributed by atoms with Gasteiger partial charge in [-0.05, 0) is 49.2 Å². The van der Waals surface area contributed by atoms with Crippen LogP contribution in [0.5, 0.6) is 5.75 Å². The van der Waals surface area contributed by atoms with E-state index in [4.69, 9.17) is 16.3 Å². The lowest BCUT2D eigenvalue weighted by molar-refractivity contribution is -0.117. The quantitative estimate of drug-likeness (QED) is 0.695. The lowest BCUT2D eigenvalue weighted by Crippen LogP contribution is -2.41. The van der Waals surface area contributed by atoms with Crippen LogP contribution < -0.4 is 14.8 Å². The number of anilines is 1. The zero-order valence-electron chi connectivity index (χ0n) is 15.4. The van der Waals surface area contributed by atoms with Gasteiger partial charge in [0.25, 0.3) is 0 Å². The molecule has 1 amide bonds. The molecule has 6 nitrogen and oxygen atoms in total. The molecule has 0 saturated heterocycles. The van der Waals surface area contributed by atoms with Crippen LogP contribution >= 0.6 is 11.6 Å². The highest BCUT2D eigenvalue weighted by Crippen LogP contribution is 2.24. The van der Waals surface area contributed by atoms with E-state index in [9.17, 15) is 13.2 Å². The summed E-state index contributed by atoms with van der Waals surface area (Å²) in [7, 11) is -3.85. The number of hydrogen-bond donors (Lipinski definition) is 2. The van der Waals surface area contributed by atoms with E-state index in [0.29, 0.717) is 29.0 Å². The third-order valence-corrected chi connectivity index (χ3v) is 5.37. The second kappa shape index (κ2) is 9.21. The first-order chi connectivity index (χ1) is 12.7. The summed E-state index contributed by atoms with van der Waals surface area (Å²) in [6, 6.07) is 11.7. The van der Waals surface area contributed by atoms with Crippen molar-refractivity contribution >= 4 is 33.2 Å². The summed E-state index contributed by atoms with van der Waals surface area (Å²) in [5.41, 5.74) is 0.487. The van der Waals surface area contributed by atoms with Crippen molar-refractivity contribution < 1.29 is 17.9 Å². The summed E-state index contributed by atoms with van der Waals surface area (Å²) >= 11 is 5.78. The lowest BCUT2D eigenvalue weighted by Gasteiger charge is -2.17. The van der Waals surface area contributed by atoms with Gasteiger partial charge in [0.05, 0.1) is 23.2 Å². The highest BCUT2D eigenvalue weighted by Gasteiger charge is 2.22. The number of hydrogen-bond acceptors (Lipinski definition) is 4. The van der Waals surface area contributed by atoms with Crippen LogP contribution in [0.2, 0.25) is 5.02 Å². The van der Waals surface area contributed by atoms with E-state index in [0.717, 1.165) is 0 Å². The molecule has 0 aliphatic heterocycles. The minimum Gasteiger partial charge on any atom is -0.491 e. The number of halogens is 1. The van der Waals surface area contributed by atoms with E-state index in [2.05, 4.69) is 10.0 Å². The highest BCUT2D eigenvalue weighted by atomic mass is 35.5. The Morgan fingerprint density at radius 1 is 1.07 bits per heavy atom. The van der Waals surface area contributed by atoms with Crippen LogP contribution in [0.3, 0.4) is 0 Å². The van der Waals surface area contributed by atoms with Crippen molar-refractivity contribution in [3.05, 3.63) is 53.6 Å². The molecule has 2 rings (SSSR count). The van der Waals surface area contributed by atoms with Crippen molar-refractivity contribution in [1.82, 2.24) is 4.72 Å². The van der Waals surface area contributed by atoms with Gasteiger partial charge in [-0.3, -0.25) is 4.79 Å². The average molecular weight is 411 g/mol. The molecular weight excluding hydrogens is 388 g/mol. The number of amides is 1. The van der Waals surface area contributed by atoms with Gasteiger partial charge in [0.15, 0.2) is 0 Å². The second-order valence-corrected chi connectivity index (χ2v) is 8.64. The third-order valence-electron chi connectivity index (χ3n) is 3.57. The molecule has 2 aromatic rings. The molecule has 27 heavy (non-hydrogen) atoms. The van der Waals surface area contributed by atoms with Crippen molar-refractivity contribution in [1.29, 1.82) is 0 Å². The first-order valence-corrected chi connectivity index (χ1v) is 10.4. The summed E-state index contributed by atoms with van der Waals surface area (Å²) in [5.74, 6) is 0.374. The third kappa shape index (κ3) is 6.23. The summed E-state index contributed by atoms with van der Waals surface area (Å²) < 4.78 is 32.8. The zero-order chi connectivity index (χ0) is 20.0. The largest absolute Gasteiger partial charge is 0.491 e. The van der Waals surface area contributed by atoms with Gasteiger partial charge in [-0.1, -0.05) is 37.6 Å². The van der Waals surface area contributed by atoms with Gasteiger partial charge in [-0.2, -0.15) is 4.72 Å². The minimum absolute atomic E-state index is 0.0345. The summed E-state index contributed by atoms with van der Waals surface area (Å²) in [5, 5.41) is 3.13. The number of carbonyl (C=O) groups excluding carboxylic acids is 1. The summed E-state index contributed by atoms with van der Waals surface area (Å²) in [6.45, 7) is 6.02. The summed E-state index contributed by atoms with van der Waals surface area (Å²) in [4.78, 5) is 12.5. The van der Waals surface area contributed by atoms with Gasteiger partial charge in [-0.25, -0.2) is 8.42 Å². The number of para-hydroxylation sites is 2. The summed E-state index contributed by atoms with van der Waals surface area (Å²) in [6.07, 6.45) is 0. The van der Waals surface area contributed by atoms with Gasteiger partial charge >= 0.3 is 0 Å². The average Bonchev–Trinajstić information content (AvgIpc) is 2.60. The van der Waals surface area contributed by atoms with Crippen molar-refractivity contribution in [2.24, 2.45) is 5.92 Å². The predicted molar refractivity (Wildman–Crippen MR) is 107 cm³/mol. The molecule has 2 aromatic carbocycles. The van der Waals surface area contributed by atoms with Crippen molar-refractivity contribution in [3.63, 3.8) is 0 Å². The lowest BCUT2D eigenvalue weighted by atomic mass is 10.2. The fourth-order valence-electron chi connectivity index (χ4n) is 2.16. The smallest absolute Gasteiger partial charge is 0.242 e. The number of rotatable bonds is 8. The van der Waals surface area contributed by atoms with Gasteiger partial charge in [0.2, 0.25) is 15.9 Å². The van der Waals surface area contributed by atoms with E-state index in [1.807, 2.05) is 13.8 Å². The molecule has 8 heteroatoms. The number of ether oxygens (including phenoxy) is 1.